The van der Waals surface area contributed by atoms with Crippen molar-refractivity contribution in [2.75, 3.05) is 0 Å². The molecule has 0 saturated carbocycles. The molecule has 0 saturated heterocycles. The van der Waals surface area contributed by atoms with Crippen molar-refractivity contribution in [2.45, 2.75) is 19.8 Å². The minimum atomic E-state index is -0.560. The van der Waals surface area contributed by atoms with E-state index in [2.05, 4.69) is 13.8 Å². The maximum atomic E-state index is 12.3. The predicted molar refractivity (Wildman–Crippen MR) is 80.6 cm³/mol. The van der Waals surface area contributed by atoms with Gasteiger partial charge in [0.25, 0.3) is 5.24 Å². The molecule has 0 N–H and O–H groups in total. The van der Waals surface area contributed by atoms with E-state index in [1.54, 1.807) is 18.2 Å². The van der Waals surface area contributed by atoms with Gasteiger partial charge in [-0.15, -0.1) is 0 Å². The number of halogens is 1. The van der Waals surface area contributed by atoms with Crippen molar-refractivity contribution in [3.63, 3.8) is 0 Å². The van der Waals surface area contributed by atoms with E-state index in [0.29, 0.717) is 22.6 Å². The minimum absolute atomic E-state index is 0.111. The highest BCUT2D eigenvalue weighted by Gasteiger charge is 2.11. The van der Waals surface area contributed by atoms with Crippen LogP contribution in [0.5, 0.6) is 0 Å². The summed E-state index contributed by atoms with van der Waals surface area (Å²) in [6.45, 7) is 4.21. The van der Waals surface area contributed by atoms with Crippen LogP contribution in [0.4, 0.5) is 0 Å². The van der Waals surface area contributed by atoms with E-state index in [1.807, 2.05) is 24.3 Å². The molecule has 0 aliphatic heterocycles. The highest BCUT2D eigenvalue weighted by Crippen LogP contribution is 2.17. The van der Waals surface area contributed by atoms with Gasteiger partial charge in [-0.05, 0) is 29.1 Å². The summed E-state index contributed by atoms with van der Waals surface area (Å²) in [6, 6.07) is 14.0. The van der Waals surface area contributed by atoms with Crippen LogP contribution in [0.15, 0.2) is 48.5 Å². The van der Waals surface area contributed by atoms with Crippen LogP contribution < -0.4 is 0 Å². The van der Waals surface area contributed by atoms with Gasteiger partial charge in [0.2, 0.25) is 0 Å². The smallest absolute Gasteiger partial charge is 0.252 e. The van der Waals surface area contributed by atoms with Gasteiger partial charge in [0, 0.05) is 16.7 Å². The monoisotopic (exact) mass is 286 g/mol. The molecule has 0 atom stereocenters. The first-order valence-corrected chi connectivity index (χ1v) is 6.81. The molecular formula is C17H15ClO2. The quantitative estimate of drug-likeness (QED) is 0.616. The third kappa shape index (κ3) is 3.14. The average Bonchev–Trinajstić information content (AvgIpc) is 2.46. The molecule has 0 bridgehead atoms. The van der Waals surface area contributed by atoms with Crippen LogP contribution >= 0.6 is 11.6 Å². The molecule has 0 aliphatic carbocycles. The van der Waals surface area contributed by atoms with Crippen molar-refractivity contribution in [1.29, 1.82) is 0 Å². The van der Waals surface area contributed by atoms with Gasteiger partial charge in [-0.2, -0.15) is 0 Å². The molecule has 0 aliphatic rings. The van der Waals surface area contributed by atoms with E-state index in [9.17, 15) is 9.59 Å². The Morgan fingerprint density at radius 1 is 0.900 bits per heavy atom. The summed E-state index contributed by atoms with van der Waals surface area (Å²) in [4.78, 5) is 23.5. The molecule has 20 heavy (non-hydrogen) atoms. The summed E-state index contributed by atoms with van der Waals surface area (Å²) in [7, 11) is 0. The molecule has 0 amide bonds. The zero-order valence-corrected chi connectivity index (χ0v) is 12.1. The first-order chi connectivity index (χ1) is 9.49. The van der Waals surface area contributed by atoms with E-state index in [4.69, 9.17) is 11.6 Å². The van der Waals surface area contributed by atoms with Gasteiger partial charge in [0.05, 0.1) is 0 Å². The average molecular weight is 287 g/mol. The predicted octanol–water partition coefficient (Wildman–Crippen LogP) is 4.42. The van der Waals surface area contributed by atoms with Crippen LogP contribution in [0, 0.1) is 0 Å². The van der Waals surface area contributed by atoms with Crippen LogP contribution in [-0.4, -0.2) is 11.0 Å². The molecule has 0 fully saturated rings. The maximum Gasteiger partial charge on any atom is 0.252 e. The van der Waals surface area contributed by atoms with Crippen molar-refractivity contribution in [1.82, 2.24) is 0 Å². The summed E-state index contributed by atoms with van der Waals surface area (Å²) < 4.78 is 0. The lowest BCUT2D eigenvalue weighted by atomic mass is 9.97. The number of hydrogen-bond donors (Lipinski definition) is 0. The summed E-state index contributed by atoms with van der Waals surface area (Å²) in [5.41, 5.74) is 2.59. The zero-order chi connectivity index (χ0) is 14.7. The fourth-order valence-electron chi connectivity index (χ4n) is 1.97. The molecule has 2 aromatic carbocycles. The van der Waals surface area contributed by atoms with Crippen molar-refractivity contribution < 1.29 is 9.59 Å². The fourth-order valence-corrected chi connectivity index (χ4v) is 2.09. The Bertz CT molecular complexity index is 642. The topological polar surface area (TPSA) is 34.1 Å². The highest BCUT2D eigenvalue weighted by molar-refractivity contribution is 6.67. The van der Waals surface area contributed by atoms with Gasteiger partial charge in [-0.3, -0.25) is 9.59 Å². The molecular weight excluding hydrogens is 272 g/mol. The van der Waals surface area contributed by atoms with Crippen LogP contribution in [0.3, 0.4) is 0 Å². The molecule has 3 heteroatoms. The van der Waals surface area contributed by atoms with E-state index in [1.165, 1.54) is 11.6 Å². The second-order valence-electron chi connectivity index (χ2n) is 4.96. The Morgan fingerprint density at radius 3 is 2.05 bits per heavy atom. The van der Waals surface area contributed by atoms with E-state index >= 15 is 0 Å². The van der Waals surface area contributed by atoms with Gasteiger partial charge in [-0.1, -0.05) is 56.3 Å². The van der Waals surface area contributed by atoms with Gasteiger partial charge in [0.1, 0.15) is 0 Å². The second-order valence-corrected chi connectivity index (χ2v) is 5.30. The summed E-state index contributed by atoms with van der Waals surface area (Å²) in [6.07, 6.45) is 0. The van der Waals surface area contributed by atoms with Gasteiger partial charge in [0.15, 0.2) is 5.78 Å². The molecule has 0 spiro atoms. The minimum Gasteiger partial charge on any atom is -0.289 e. The molecule has 0 unspecified atom stereocenters. The van der Waals surface area contributed by atoms with Crippen LogP contribution in [0.25, 0.3) is 0 Å². The van der Waals surface area contributed by atoms with Crippen molar-refractivity contribution in [3.05, 3.63) is 70.8 Å². The maximum absolute atomic E-state index is 12.3. The highest BCUT2D eigenvalue weighted by atomic mass is 35.5. The Kier molecular flexibility index (Phi) is 4.35. The van der Waals surface area contributed by atoms with E-state index in [-0.39, 0.29) is 5.78 Å². The lowest BCUT2D eigenvalue weighted by Gasteiger charge is -2.07. The number of carbonyl (C=O) groups is 2. The summed E-state index contributed by atoms with van der Waals surface area (Å²) in [5, 5.41) is -0.560. The van der Waals surface area contributed by atoms with Gasteiger partial charge in [-0.25, -0.2) is 0 Å². The molecule has 2 nitrogen and oxygen atoms in total. The first-order valence-electron chi connectivity index (χ1n) is 6.43. The van der Waals surface area contributed by atoms with Crippen LogP contribution in [-0.2, 0) is 0 Å². The molecule has 0 aromatic heterocycles. The number of rotatable bonds is 4. The second kappa shape index (κ2) is 6.02. The van der Waals surface area contributed by atoms with E-state index < -0.39 is 5.24 Å². The number of ketones is 1. The molecule has 0 heterocycles. The van der Waals surface area contributed by atoms with E-state index in [0.717, 1.165) is 0 Å². The van der Waals surface area contributed by atoms with Crippen molar-refractivity contribution in [2.24, 2.45) is 0 Å². The number of benzene rings is 2. The van der Waals surface area contributed by atoms with Crippen LogP contribution in [0.1, 0.15) is 51.6 Å². The third-order valence-electron chi connectivity index (χ3n) is 3.19. The lowest BCUT2D eigenvalue weighted by Crippen LogP contribution is -2.03. The van der Waals surface area contributed by atoms with Gasteiger partial charge < -0.3 is 0 Å². The number of hydrogen-bond acceptors (Lipinski definition) is 2. The van der Waals surface area contributed by atoms with Crippen LogP contribution in [0.2, 0.25) is 0 Å². The third-order valence-corrected chi connectivity index (χ3v) is 3.41. The molecule has 0 radical (unpaired) electrons. The number of carbonyl (C=O) groups excluding carboxylic acids is 2. The molecule has 2 aromatic rings. The molecule has 2 rings (SSSR count). The summed E-state index contributed by atoms with van der Waals surface area (Å²) >= 11 is 5.43. The fraction of sp³-hybridized carbons (Fsp3) is 0.176. The first kappa shape index (κ1) is 14.5. The van der Waals surface area contributed by atoms with Crippen molar-refractivity contribution in [3.8, 4) is 0 Å². The van der Waals surface area contributed by atoms with Crippen molar-refractivity contribution >= 4 is 22.6 Å². The Labute approximate surface area is 123 Å². The normalized spacial score (nSPS) is 10.6. The Morgan fingerprint density at radius 2 is 1.50 bits per heavy atom. The largest absolute Gasteiger partial charge is 0.289 e. The lowest BCUT2D eigenvalue weighted by molar-refractivity contribution is 0.103. The SMILES string of the molecule is CC(C)c1ccc(C(=O)c2cccc(C(=O)Cl)c2)cc1. The molecule has 102 valence electrons. The van der Waals surface area contributed by atoms with Gasteiger partial charge >= 0.3 is 0 Å². The Hall–Kier alpha value is -1.93. The Balaban J connectivity index is 2.31. The summed E-state index contributed by atoms with van der Waals surface area (Å²) in [5.74, 6) is 0.316. The zero-order valence-electron chi connectivity index (χ0n) is 11.4. The standard InChI is InChI=1S/C17H15ClO2/c1-11(2)12-6-8-13(9-7-12)16(19)14-4-3-5-15(10-14)17(18)20/h3-11H,1-2H3.